The van der Waals surface area contributed by atoms with E-state index in [0.29, 0.717) is 4.47 Å². The van der Waals surface area contributed by atoms with E-state index in [1.54, 1.807) is 6.07 Å². The fourth-order valence-corrected chi connectivity index (χ4v) is 1.85. The summed E-state index contributed by atoms with van der Waals surface area (Å²) in [6.45, 7) is 1.29. The number of carbonyl (C=O) groups is 1. The van der Waals surface area contributed by atoms with Gasteiger partial charge in [-0.2, -0.15) is 0 Å². The number of rotatable bonds is 3. The van der Waals surface area contributed by atoms with E-state index in [9.17, 15) is 14.9 Å². The van der Waals surface area contributed by atoms with Gasteiger partial charge in [-0.05, 0) is 28.9 Å². The second kappa shape index (κ2) is 4.72. The zero-order valence-corrected chi connectivity index (χ0v) is 10.1. The van der Waals surface area contributed by atoms with E-state index >= 15 is 0 Å². The van der Waals surface area contributed by atoms with Crippen LogP contribution in [0, 0.1) is 10.1 Å². The van der Waals surface area contributed by atoms with Crippen LogP contribution >= 0.6 is 27.5 Å². The van der Waals surface area contributed by atoms with Gasteiger partial charge in [0.05, 0.1) is 15.0 Å². The van der Waals surface area contributed by atoms with Gasteiger partial charge in [0.25, 0.3) is 5.69 Å². The molecule has 0 aliphatic heterocycles. The number of hydrogen-bond donors (Lipinski definition) is 0. The maximum absolute atomic E-state index is 11.1. The Morgan fingerprint density at radius 3 is 2.67 bits per heavy atom. The van der Waals surface area contributed by atoms with E-state index in [-0.39, 0.29) is 17.0 Å². The van der Waals surface area contributed by atoms with Gasteiger partial charge < -0.3 is 0 Å². The van der Waals surface area contributed by atoms with Crippen LogP contribution in [-0.2, 0) is 4.79 Å². The highest BCUT2D eigenvalue weighted by atomic mass is 79.9. The fraction of sp³-hybridized carbons (Fsp3) is 0.222. The lowest BCUT2D eigenvalue weighted by Gasteiger charge is -2.07. The Kier molecular flexibility index (Phi) is 3.82. The van der Waals surface area contributed by atoms with Crippen molar-refractivity contribution < 1.29 is 9.72 Å². The normalized spacial score (nSPS) is 12.2. The lowest BCUT2D eigenvalue weighted by molar-refractivity contribution is -0.386. The van der Waals surface area contributed by atoms with E-state index < -0.39 is 10.3 Å². The van der Waals surface area contributed by atoms with E-state index in [4.69, 9.17) is 11.6 Å². The predicted octanol–water partition coefficient (Wildman–Crippen LogP) is 3.23. The Labute approximate surface area is 99.5 Å². The van der Waals surface area contributed by atoms with Gasteiger partial charge >= 0.3 is 0 Å². The number of halogens is 2. The van der Waals surface area contributed by atoms with Crippen LogP contribution < -0.4 is 0 Å². The number of Topliss-reactive ketones (excluding diaryl/α,β-unsaturated/α-hetero) is 1. The van der Waals surface area contributed by atoms with Crippen LogP contribution in [0.4, 0.5) is 5.69 Å². The summed E-state index contributed by atoms with van der Waals surface area (Å²) in [6.07, 6.45) is 0. The molecule has 0 N–H and O–H groups in total. The fourth-order valence-electron chi connectivity index (χ4n) is 1.15. The summed E-state index contributed by atoms with van der Waals surface area (Å²) >= 11 is 8.84. The smallest absolute Gasteiger partial charge is 0.288 e. The van der Waals surface area contributed by atoms with Gasteiger partial charge in [0.2, 0.25) is 0 Å². The number of nitrogens with zero attached hydrogens (tertiary/aromatic N) is 1. The summed E-state index contributed by atoms with van der Waals surface area (Å²) in [7, 11) is 0. The molecule has 6 heteroatoms. The van der Waals surface area contributed by atoms with Crippen molar-refractivity contribution in [1.29, 1.82) is 0 Å². The van der Waals surface area contributed by atoms with Crippen molar-refractivity contribution in [1.82, 2.24) is 0 Å². The zero-order chi connectivity index (χ0) is 11.6. The van der Waals surface area contributed by atoms with Crippen molar-refractivity contribution in [2.45, 2.75) is 12.3 Å². The summed E-state index contributed by atoms with van der Waals surface area (Å²) < 4.78 is 0.317. The maximum atomic E-state index is 11.1. The molecule has 1 aromatic carbocycles. The molecule has 0 saturated heterocycles. The molecule has 15 heavy (non-hydrogen) atoms. The van der Waals surface area contributed by atoms with Crippen molar-refractivity contribution in [3.05, 3.63) is 38.3 Å². The predicted molar refractivity (Wildman–Crippen MR) is 60.1 cm³/mol. The molecule has 0 amide bonds. The Morgan fingerprint density at radius 1 is 1.60 bits per heavy atom. The van der Waals surface area contributed by atoms with Crippen LogP contribution in [-0.4, -0.2) is 10.7 Å². The Balaban J connectivity index is 3.35. The Hall–Kier alpha value is -0.940. The van der Waals surface area contributed by atoms with Gasteiger partial charge in [0, 0.05) is 0 Å². The molecule has 0 radical (unpaired) electrons. The van der Waals surface area contributed by atoms with Gasteiger partial charge in [0.15, 0.2) is 5.78 Å². The Morgan fingerprint density at radius 2 is 2.20 bits per heavy atom. The standard InChI is InChI=1S/C9H7BrClNO3/c1-5(13)8(11)6-3-2-4-7(10)9(6)12(14)15/h2-4,8H,1H3. The van der Waals surface area contributed by atoms with Crippen molar-refractivity contribution in [3.63, 3.8) is 0 Å². The van der Waals surface area contributed by atoms with Gasteiger partial charge in [-0.1, -0.05) is 12.1 Å². The molecule has 0 bridgehead atoms. The third-order valence-corrected chi connectivity index (χ3v) is 3.01. The lowest BCUT2D eigenvalue weighted by Crippen LogP contribution is -2.05. The van der Waals surface area contributed by atoms with E-state index in [1.165, 1.54) is 19.1 Å². The minimum Gasteiger partial charge on any atom is -0.298 e. The minimum absolute atomic E-state index is 0.160. The SMILES string of the molecule is CC(=O)C(Cl)c1cccc(Br)c1[N+](=O)[O-]. The minimum atomic E-state index is -0.983. The molecule has 1 aromatic rings. The van der Waals surface area contributed by atoms with Gasteiger partial charge in [-0.3, -0.25) is 14.9 Å². The number of carbonyl (C=O) groups excluding carboxylic acids is 1. The first-order chi connectivity index (χ1) is 6.95. The second-order valence-electron chi connectivity index (χ2n) is 2.91. The first-order valence-corrected chi connectivity index (χ1v) is 5.25. The van der Waals surface area contributed by atoms with Crippen LogP contribution in [0.5, 0.6) is 0 Å². The van der Waals surface area contributed by atoms with Crippen molar-refractivity contribution in [3.8, 4) is 0 Å². The first-order valence-electron chi connectivity index (χ1n) is 4.02. The van der Waals surface area contributed by atoms with Crippen molar-refractivity contribution in [2.75, 3.05) is 0 Å². The molecule has 80 valence electrons. The average molecular weight is 293 g/mol. The van der Waals surface area contributed by atoms with Crippen LogP contribution in [0.1, 0.15) is 17.9 Å². The summed E-state index contributed by atoms with van der Waals surface area (Å²) in [5.41, 5.74) is 0.0521. The van der Waals surface area contributed by atoms with Gasteiger partial charge in [-0.15, -0.1) is 11.6 Å². The molecule has 1 rings (SSSR count). The zero-order valence-electron chi connectivity index (χ0n) is 7.74. The highest BCUT2D eigenvalue weighted by Gasteiger charge is 2.25. The third kappa shape index (κ3) is 2.54. The molecule has 4 nitrogen and oxygen atoms in total. The molecular weight excluding hydrogens is 285 g/mol. The molecular formula is C9H7BrClNO3. The largest absolute Gasteiger partial charge is 0.298 e. The number of alkyl halides is 1. The highest BCUT2D eigenvalue weighted by Crippen LogP contribution is 2.35. The highest BCUT2D eigenvalue weighted by molar-refractivity contribution is 9.10. The molecule has 0 aliphatic carbocycles. The molecule has 1 atom stereocenters. The average Bonchev–Trinajstić information content (AvgIpc) is 2.15. The molecule has 0 saturated carbocycles. The molecule has 0 aromatic heterocycles. The monoisotopic (exact) mass is 291 g/mol. The summed E-state index contributed by atoms with van der Waals surface area (Å²) in [6, 6.07) is 4.61. The van der Waals surface area contributed by atoms with Gasteiger partial charge in [-0.25, -0.2) is 0 Å². The van der Waals surface area contributed by atoms with E-state index in [1.807, 2.05) is 0 Å². The lowest BCUT2D eigenvalue weighted by atomic mass is 10.1. The number of ketones is 1. The van der Waals surface area contributed by atoms with Crippen molar-refractivity contribution >= 4 is 39.0 Å². The summed E-state index contributed by atoms with van der Waals surface area (Å²) in [5.74, 6) is -0.321. The first kappa shape index (κ1) is 12.1. The molecule has 1 unspecified atom stereocenters. The Bertz CT molecular complexity index is 422. The number of nitro benzene ring substituents is 1. The molecule has 0 aliphatic rings. The maximum Gasteiger partial charge on any atom is 0.288 e. The quantitative estimate of drug-likeness (QED) is 0.488. The van der Waals surface area contributed by atoms with E-state index in [2.05, 4.69) is 15.9 Å². The van der Waals surface area contributed by atoms with Crippen LogP contribution in [0.25, 0.3) is 0 Å². The molecule has 0 spiro atoms. The molecule has 0 heterocycles. The number of para-hydroxylation sites is 1. The number of nitro groups is 1. The van der Waals surface area contributed by atoms with Crippen LogP contribution in [0.2, 0.25) is 0 Å². The van der Waals surface area contributed by atoms with Gasteiger partial charge in [0.1, 0.15) is 5.38 Å². The summed E-state index contributed by atoms with van der Waals surface area (Å²) in [5, 5.41) is 9.79. The molecule has 0 fully saturated rings. The summed E-state index contributed by atoms with van der Waals surface area (Å²) in [4.78, 5) is 21.3. The van der Waals surface area contributed by atoms with Crippen molar-refractivity contribution in [2.24, 2.45) is 0 Å². The van der Waals surface area contributed by atoms with E-state index in [0.717, 1.165) is 0 Å². The number of hydrogen-bond acceptors (Lipinski definition) is 3. The topological polar surface area (TPSA) is 60.2 Å². The van der Waals surface area contributed by atoms with Crippen LogP contribution in [0.15, 0.2) is 22.7 Å². The van der Waals surface area contributed by atoms with Crippen LogP contribution in [0.3, 0.4) is 0 Å². The number of benzene rings is 1. The second-order valence-corrected chi connectivity index (χ2v) is 4.20. The third-order valence-electron chi connectivity index (χ3n) is 1.83.